The molecule has 0 saturated carbocycles. The van der Waals surface area contributed by atoms with Crippen molar-refractivity contribution in [2.24, 2.45) is 0 Å². The topological polar surface area (TPSA) is 118 Å². The molecule has 4 aromatic rings. The summed E-state index contributed by atoms with van der Waals surface area (Å²) in [5.74, 6) is 3.39. The number of aromatic nitrogens is 3. The van der Waals surface area contributed by atoms with Crippen molar-refractivity contribution in [2.45, 2.75) is 13.1 Å². The predicted molar refractivity (Wildman–Crippen MR) is 156 cm³/mol. The second kappa shape index (κ2) is 13.7. The number of anilines is 2. The molecule has 0 amide bonds. The van der Waals surface area contributed by atoms with Crippen LogP contribution in [0.3, 0.4) is 0 Å². The largest absolute Gasteiger partial charge is 0.497 e. The van der Waals surface area contributed by atoms with E-state index in [4.69, 9.17) is 23.7 Å². The van der Waals surface area contributed by atoms with Crippen molar-refractivity contribution in [1.29, 1.82) is 0 Å². The van der Waals surface area contributed by atoms with Crippen LogP contribution in [-0.2, 0) is 13.1 Å². The molecule has 214 valence electrons. The second-order valence-electron chi connectivity index (χ2n) is 8.70. The van der Waals surface area contributed by atoms with Crippen LogP contribution in [0.1, 0.15) is 21.5 Å². The lowest BCUT2D eigenvalue weighted by atomic mass is 10.2. The third-order valence-electron chi connectivity index (χ3n) is 6.15. The molecule has 0 radical (unpaired) electrons. The Bertz CT molecular complexity index is 1500. The van der Waals surface area contributed by atoms with E-state index in [9.17, 15) is 4.79 Å². The highest BCUT2D eigenvalue weighted by atomic mass is 16.5. The van der Waals surface area contributed by atoms with Crippen LogP contribution >= 0.6 is 0 Å². The summed E-state index contributed by atoms with van der Waals surface area (Å²) < 4.78 is 27.8. The van der Waals surface area contributed by atoms with Crippen LogP contribution in [0.2, 0.25) is 0 Å². The van der Waals surface area contributed by atoms with Gasteiger partial charge in [0.15, 0.2) is 23.0 Å². The van der Waals surface area contributed by atoms with Crippen molar-refractivity contribution in [2.75, 3.05) is 46.2 Å². The molecule has 1 aromatic heterocycles. The standard InChI is InChI=1S/C30H33N5O6/c1-37-23-11-6-20(7-12-23)10-15-28(36)35-30(32-19-22-9-14-25(39-3)27(17-22)41-5)33-29(34-35)31-18-21-8-13-24(38-2)26(16-21)40-4/h6-17H,18-19H2,1-5H3,(H2,31,32,33,34). The maximum absolute atomic E-state index is 13.2. The van der Waals surface area contributed by atoms with E-state index in [1.54, 1.807) is 41.6 Å². The fourth-order valence-electron chi connectivity index (χ4n) is 3.95. The summed E-state index contributed by atoms with van der Waals surface area (Å²) in [6, 6.07) is 18.5. The number of carbonyl (C=O) groups excluding carboxylic acids is 1. The number of nitrogens with one attached hydrogen (secondary N) is 2. The second-order valence-corrected chi connectivity index (χ2v) is 8.70. The molecule has 3 aromatic carbocycles. The molecule has 0 atom stereocenters. The van der Waals surface area contributed by atoms with E-state index >= 15 is 0 Å². The molecule has 0 fully saturated rings. The minimum Gasteiger partial charge on any atom is -0.497 e. The molecule has 0 spiro atoms. The SMILES string of the molecule is COc1ccc(C=CC(=O)n2nc(NCc3ccc(OC)c(OC)c3)nc2NCc2ccc(OC)c(OC)c2)cc1. The molecule has 0 aliphatic carbocycles. The van der Waals surface area contributed by atoms with Crippen molar-refractivity contribution in [3.63, 3.8) is 0 Å². The Morgan fingerprint density at radius 2 is 1.29 bits per heavy atom. The highest BCUT2D eigenvalue weighted by molar-refractivity contribution is 5.94. The number of hydrogen-bond donors (Lipinski definition) is 2. The molecular formula is C30H33N5O6. The van der Waals surface area contributed by atoms with Gasteiger partial charge in [0, 0.05) is 19.2 Å². The Morgan fingerprint density at radius 3 is 1.83 bits per heavy atom. The Labute approximate surface area is 238 Å². The molecule has 0 aliphatic rings. The summed E-state index contributed by atoms with van der Waals surface area (Å²) in [5.41, 5.74) is 2.66. The summed E-state index contributed by atoms with van der Waals surface area (Å²) >= 11 is 0. The van der Waals surface area contributed by atoms with Gasteiger partial charge in [-0.15, -0.1) is 5.10 Å². The van der Waals surface area contributed by atoms with Gasteiger partial charge < -0.3 is 34.3 Å². The molecular weight excluding hydrogens is 526 g/mol. The lowest BCUT2D eigenvalue weighted by Crippen LogP contribution is -2.14. The van der Waals surface area contributed by atoms with Crippen LogP contribution in [0, 0.1) is 0 Å². The summed E-state index contributed by atoms with van der Waals surface area (Å²) in [4.78, 5) is 17.8. The molecule has 0 aliphatic heterocycles. The highest BCUT2D eigenvalue weighted by Gasteiger charge is 2.16. The van der Waals surface area contributed by atoms with Gasteiger partial charge in [-0.2, -0.15) is 9.67 Å². The lowest BCUT2D eigenvalue weighted by Gasteiger charge is -2.10. The number of carbonyl (C=O) groups is 1. The monoisotopic (exact) mass is 559 g/mol. The van der Waals surface area contributed by atoms with Crippen LogP contribution in [0.25, 0.3) is 6.08 Å². The van der Waals surface area contributed by atoms with E-state index < -0.39 is 0 Å². The number of rotatable bonds is 13. The maximum atomic E-state index is 13.2. The molecule has 11 nitrogen and oxygen atoms in total. The molecule has 0 bridgehead atoms. The van der Waals surface area contributed by atoms with E-state index in [1.165, 1.54) is 10.8 Å². The average molecular weight is 560 g/mol. The molecule has 2 N–H and O–H groups in total. The van der Waals surface area contributed by atoms with Gasteiger partial charge in [-0.25, -0.2) is 0 Å². The fourth-order valence-corrected chi connectivity index (χ4v) is 3.95. The van der Waals surface area contributed by atoms with E-state index in [0.717, 1.165) is 22.4 Å². The quantitative estimate of drug-likeness (QED) is 0.219. The summed E-state index contributed by atoms with van der Waals surface area (Å²) in [6.07, 6.45) is 3.15. The first kappa shape index (κ1) is 28.8. The number of hydrogen-bond acceptors (Lipinski definition) is 10. The Kier molecular flexibility index (Phi) is 9.66. The zero-order valence-corrected chi connectivity index (χ0v) is 23.6. The van der Waals surface area contributed by atoms with Crippen molar-refractivity contribution >= 4 is 23.9 Å². The van der Waals surface area contributed by atoms with Gasteiger partial charge in [0.05, 0.1) is 35.5 Å². The third kappa shape index (κ3) is 7.27. The molecule has 4 rings (SSSR count). The molecule has 11 heteroatoms. The van der Waals surface area contributed by atoms with Crippen LogP contribution in [0.4, 0.5) is 11.9 Å². The normalized spacial score (nSPS) is 10.8. The first-order valence-corrected chi connectivity index (χ1v) is 12.7. The highest BCUT2D eigenvalue weighted by Crippen LogP contribution is 2.29. The Morgan fingerprint density at radius 1 is 0.732 bits per heavy atom. The van der Waals surface area contributed by atoms with Gasteiger partial charge in [0.25, 0.3) is 5.91 Å². The third-order valence-corrected chi connectivity index (χ3v) is 6.15. The van der Waals surface area contributed by atoms with Crippen molar-refractivity contribution < 1.29 is 28.5 Å². The van der Waals surface area contributed by atoms with Crippen LogP contribution in [0.5, 0.6) is 28.7 Å². The minimum atomic E-state index is -0.373. The van der Waals surface area contributed by atoms with E-state index in [0.29, 0.717) is 36.1 Å². The number of nitrogens with zero attached hydrogens (tertiary/aromatic N) is 3. The lowest BCUT2D eigenvalue weighted by molar-refractivity contribution is 0.0957. The molecule has 0 unspecified atom stereocenters. The van der Waals surface area contributed by atoms with Crippen LogP contribution < -0.4 is 34.3 Å². The number of benzene rings is 3. The maximum Gasteiger partial charge on any atom is 0.274 e. The zero-order chi connectivity index (χ0) is 29.2. The average Bonchev–Trinajstić information content (AvgIpc) is 3.44. The van der Waals surface area contributed by atoms with Gasteiger partial charge in [0.2, 0.25) is 11.9 Å². The van der Waals surface area contributed by atoms with E-state index in [2.05, 4.69) is 20.7 Å². The number of ether oxygens (including phenoxy) is 5. The van der Waals surface area contributed by atoms with Crippen molar-refractivity contribution in [3.05, 3.63) is 83.4 Å². The summed E-state index contributed by atoms with van der Waals surface area (Å²) in [6.45, 7) is 0.763. The van der Waals surface area contributed by atoms with E-state index in [-0.39, 0.29) is 17.8 Å². The molecule has 1 heterocycles. The Hall–Kier alpha value is -5.19. The summed E-state index contributed by atoms with van der Waals surface area (Å²) in [5, 5.41) is 10.8. The van der Waals surface area contributed by atoms with Gasteiger partial charge in [0.1, 0.15) is 5.75 Å². The van der Waals surface area contributed by atoms with Gasteiger partial charge in [-0.1, -0.05) is 24.3 Å². The van der Waals surface area contributed by atoms with Gasteiger partial charge >= 0.3 is 0 Å². The Balaban J connectivity index is 1.55. The number of allylic oxidation sites excluding steroid dienone is 1. The van der Waals surface area contributed by atoms with Crippen LogP contribution in [0.15, 0.2) is 66.7 Å². The predicted octanol–water partition coefficient (Wildman–Crippen LogP) is 4.90. The number of methoxy groups -OCH3 is 5. The van der Waals surface area contributed by atoms with Crippen LogP contribution in [-0.4, -0.2) is 56.2 Å². The molecule has 0 saturated heterocycles. The van der Waals surface area contributed by atoms with Crippen molar-refractivity contribution in [1.82, 2.24) is 14.8 Å². The first-order chi connectivity index (χ1) is 20.0. The van der Waals surface area contributed by atoms with Gasteiger partial charge in [-0.05, 0) is 59.2 Å². The minimum absolute atomic E-state index is 0.277. The molecule has 41 heavy (non-hydrogen) atoms. The smallest absolute Gasteiger partial charge is 0.274 e. The van der Waals surface area contributed by atoms with E-state index in [1.807, 2.05) is 60.7 Å². The van der Waals surface area contributed by atoms with Crippen molar-refractivity contribution in [3.8, 4) is 28.7 Å². The fraction of sp³-hybridized carbons (Fsp3) is 0.233. The zero-order valence-electron chi connectivity index (χ0n) is 23.6. The first-order valence-electron chi connectivity index (χ1n) is 12.7. The summed E-state index contributed by atoms with van der Waals surface area (Å²) in [7, 11) is 7.94. The van der Waals surface area contributed by atoms with Gasteiger partial charge in [-0.3, -0.25) is 4.79 Å².